The smallest absolute Gasteiger partial charge is 0.127 e. The van der Waals surface area contributed by atoms with E-state index in [1.807, 2.05) is 25.1 Å². The Balaban J connectivity index is 2.40. The maximum absolute atomic E-state index is 6.31. The Morgan fingerprint density at radius 3 is 2.65 bits per heavy atom. The van der Waals surface area contributed by atoms with E-state index in [1.54, 1.807) is 0 Å². The van der Waals surface area contributed by atoms with Gasteiger partial charge in [-0.2, -0.15) is 0 Å². The van der Waals surface area contributed by atoms with Crippen LogP contribution in [0.2, 0.25) is 5.02 Å². The van der Waals surface area contributed by atoms with Crippen molar-refractivity contribution in [3.8, 4) is 0 Å². The summed E-state index contributed by atoms with van der Waals surface area (Å²) < 4.78 is 2.28. The minimum Gasteiger partial charge on any atom is -0.324 e. The predicted octanol–water partition coefficient (Wildman–Crippen LogP) is 6.13. The SMILES string of the molecule is CCCCCC(C)n1c(C(C)Cl)nc2cc(Cl)ccc21. The van der Waals surface area contributed by atoms with Crippen molar-refractivity contribution in [1.82, 2.24) is 9.55 Å². The number of hydrogen-bond acceptors (Lipinski definition) is 1. The van der Waals surface area contributed by atoms with Gasteiger partial charge in [0.25, 0.3) is 0 Å². The summed E-state index contributed by atoms with van der Waals surface area (Å²) in [5.41, 5.74) is 2.06. The lowest BCUT2D eigenvalue weighted by molar-refractivity contribution is 0.472. The van der Waals surface area contributed by atoms with Crippen LogP contribution in [0.1, 0.15) is 63.7 Å². The summed E-state index contributed by atoms with van der Waals surface area (Å²) in [5, 5.41) is 0.615. The summed E-state index contributed by atoms with van der Waals surface area (Å²) in [6.07, 6.45) is 4.90. The minimum absolute atomic E-state index is 0.102. The van der Waals surface area contributed by atoms with Crippen LogP contribution in [-0.4, -0.2) is 9.55 Å². The van der Waals surface area contributed by atoms with Gasteiger partial charge in [0.2, 0.25) is 0 Å². The second kappa shape index (κ2) is 6.82. The standard InChI is InChI=1S/C16H22Cl2N2/c1-4-5-6-7-11(2)20-15-9-8-13(18)10-14(15)19-16(20)12(3)17/h8-12H,4-7H2,1-3H3. The number of benzene rings is 1. The number of halogens is 2. The monoisotopic (exact) mass is 312 g/mol. The average molecular weight is 313 g/mol. The topological polar surface area (TPSA) is 17.8 Å². The molecule has 0 radical (unpaired) electrons. The molecule has 2 unspecified atom stereocenters. The maximum atomic E-state index is 6.31. The summed E-state index contributed by atoms with van der Waals surface area (Å²) in [7, 11) is 0. The molecule has 4 heteroatoms. The van der Waals surface area contributed by atoms with Gasteiger partial charge in [0.1, 0.15) is 5.82 Å². The average Bonchev–Trinajstić information content (AvgIpc) is 2.77. The zero-order chi connectivity index (χ0) is 14.7. The van der Waals surface area contributed by atoms with E-state index in [9.17, 15) is 0 Å². The first kappa shape index (κ1) is 15.7. The highest BCUT2D eigenvalue weighted by atomic mass is 35.5. The van der Waals surface area contributed by atoms with Crippen LogP contribution in [0.25, 0.3) is 11.0 Å². The van der Waals surface area contributed by atoms with Gasteiger partial charge in [0.15, 0.2) is 0 Å². The van der Waals surface area contributed by atoms with E-state index in [4.69, 9.17) is 23.2 Å². The van der Waals surface area contributed by atoms with Gasteiger partial charge in [0, 0.05) is 11.1 Å². The number of fused-ring (bicyclic) bond motifs is 1. The molecule has 1 aromatic carbocycles. The Morgan fingerprint density at radius 1 is 1.25 bits per heavy atom. The van der Waals surface area contributed by atoms with Crippen LogP contribution in [-0.2, 0) is 0 Å². The van der Waals surface area contributed by atoms with Crippen molar-refractivity contribution in [1.29, 1.82) is 0 Å². The van der Waals surface area contributed by atoms with Crippen LogP contribution in [0.15, 0.2) is 18.2 Å². The van der Waals surface area contributed by atoms with Gasteiger partial charge in [-0.15, -0.1) is 11.6 Å². The first-order chi connectivity index (χ1) is 9.54. The van der Waals surface area contributed by atoms with Gasteiger partial charge < -0.3 is 4.57 Å². The van der Waals surface area contributed by atoms with E-state index < -0.39 is 0 Å². The van der Waals surface area contributed by atoms with Gasteiger partial charge >= 0.3 is 0 Å². The van der Waals surface area contributed by atoms with E-state index in [1.165, 1.54) is 19.3 Å². The van der Waals surface area contributed by atoms with Gasteiger partial charge in [0.05, 0.1) is 16.4 Å². The summed E-state index contributed by atoms with van der Waals surface area (Å²) in [5.74, 6) is 0.938. The molecule has 2 nitrogen and oxygen atoms in total. The van der Waals surface area contributed by atoms with E-state index in [2.05, 4.69) is 23.4 Å². The van der Waals surface area contributed by atoms with Crippen molar-refractivity contribution in [2.75, 3.05) is 0 Å². The quantitative estimate of drug-likeness (QED) is 0.463. The molecule has 0 fully saturated rings. The highest BCUT2D eigenvalue weighted by Crippen LogP contribution is 2.31. The third-order valence-corrected chi connectivity index (χ3v) is 4.13. The summed E-state index contributed by atoms with van der Waals surface area (Å²) in [6, 6.07) is 6.28. The summed E-state index contributed by atoms with van der Waals surface area (Å²) in [4.78, 5) is 4.67. The number of unbranched alkanes of at least 4 members (excludes halogenated alkanes) is 2. The zero-order valence-corrected chi connectivity index (χ0v) is 13.9. The fourth-order valence-electron chi connectivity index (χ4n) is 2.65. The van der Waals surface area contributed by atoms with Crippen molar-refractivity contribution >= 4 is 34.2 Å². The molecule has 0 saturated carbocycles. The zero-order valence-electron chi connectivity index (χ0n) is 12.4. The Labute approximate surface area is 131 Å². The number of nitrogens with zero attached hydrogens (tertiary/aromatic N) is 2. The lowest BCUT2D eigenvalue weighted by Gasteiger charge is -2.18. The van der Waals surface area contributed by atoms with Gasteiger partial charge in [-0.3, -0.25) is 0 Å². The lowest BCUT2D eigenvalue weighted by atomic mass is 10.1. The molecule has 0 amide bonds. The van der Waals surface area contributed by atoms with E-state index in [-0.39, 0.29) is 5.38 Å². The normalized spacial score (nSPS) is 14.7. The molecule has 1 aromatic heterocycles. The third kappa shape index (κ3) is 3.29. The Hall–Kier alpha value is -0.730. The fraction of sp³-hybridized carbons (Fsp3) is 0.562. The van der Waals surface area contributed by atoms with Crippen molar-refractivity contribution in [3.05, 3.63) is 29.0 Å². The largest absolute Gasteiger partial charge is 0.324 e. The van der Waals surface area contributed by atoms with Crippen molar-refractivity contribution in [2.24, 2.45) is 0 Å². The molecule has 110 valence electrons. The summed E-state index contributed by atoms with van der Waals surface area (Å²) >= 11 is 12.4. The van der Waals surface area contributed by atoms with Crippen LogP contribution in [0, 0.1) is 0 Å². The second-order valence-electron chi connectivity index (χ2n) is 5.43. The van der Waals surface area contributed by atoms with Crippen molar-refractivity contribution in [2.45, 2.75) is 57.9 Å². The number of alkyl halides is 1. The number of imidazole rings is 1. The molecule has 20 heavy (non-hydrogen) atoms. The molecule has 1 heterocycles. The molecule has 0 aliphatic carbocycles. The van der Waals surface area contributed by atoms with Gasteiger partial charge in [-0.05, 0) is 38.5 Å². The second-order valence-corrected chi connectivity index (χ2v) is 6.52. The molecule has 0 aliphatic rings. The predicted molar refractivity (Wildman–Crippen MR) is 87.9 cm³/mol. The molecule has 0 saturated heterocycles. The Kier molecular flexibility index (Phi) is 5.34. The third-order valence-electron chi connectivity index (χ3n) is 3.70. The molecular formula is C16H22Cl2N2. The maximum Gasteiger partial charge on any atom is 0.127 e. The van der Waals surface area contributed by atoms with Crippen LogP contribution in [0.4, 0.5) is 0 Å². The van der Waals surface area contributed by atoms with Crippen molar-refractivity contribution in [3.63, 3.8) is 0 Å². The molecule has 2 atom stereocenters. The molecule has 0 bridgehead atoms. The van der Waals surface area contributed by atoms with Crippen LogP contribution in [0.5, 0.6) is 0 Å². The van der Waals surface area contributed by atoms with Gasteiger partial charge in [-0.1, -0.05) is 37.8 Å². The van der Waals surface area contributed by atoms with Crippen molar-refractivity contribution < 1.29 is 0 Å². The number of aromatic nitrogens is 2. The fourth-order valence-corrected chi connectivity index (χ4v) is 2.97. The van der Waals surface area contributed by atoms with Crippen LogP contribution >= 0.6 is 23.2 Å². The molecule has 0 N–H and O–H groups in total. The Morgan fingerprint density at radius 2 is 2.00 bits per heavy atom. The number of hydrogen-bond donors (Lipinski definition) is 0. The van der Waals surface area contributed by atoms with Gasteiger partial charge in [-0.25, -0.2) is 4.98 Å². The first-order valence-corrected chi connectivity index (χ1v) is 8.17. The van der Waals surface area contributed by atoms with Crippen LogP contribution in [0.3, 0.4) is 0 Å². The molecule has 0 aliphatic heterocycles. The molecular weight excluding hydrogens is 291 g/mol. The highest BCUT2D eigenvalue weighted by molar-refractivity contribution is 6.31. The van der Waals surface area contributed by atoms with E-state index in [0.717, 1.165) is 28.3 Å². The minimum atomic E-state index is -0.102. The van der Waals surface area contributed by atoms with Crippen LogP contribution < -0.4 is 0 Å². The molecule has 2 rings (SSSR count). The first-order valence-electron chi connectivity index (χ1n) is 7.36. The highest BCUT2D eigenvalue weighted by Gasteiger charge is 2.18. The molecule has 2 aromatic rings. The molecule has 0 spiro atoms. The lowest BCUT2D eigenvalue weighted by Crippen LogP contribution is -2.10. The Bertz CT molecular complexity index is 575. The number of rotatable bonds is 6. The van der Waals surface area contributed by atoms with E-state index >= 15 is 0 Å². The van der Waals surface area contributed by atoms with E-state index in [0.29, 0.717) is 6.04 Å². The summed E-state index contributed by atoms with van der Waals surface area (Å²) in [6.45, 7) is 6.44.